The lowest BCUT2D eigenvalue weighted by Crippen LogP contribution is -2.44. The van der Waals surface area contributed by atoms with E-state index in [9.17, 15) is 22.0 Å². The van der Waals surface area contributed by atoms with Crippen molar-refractivity contribution in [1.82, 2.24) is 15.1 Å². The lowest BCUT2D eigenvalue weighted by atomic mass is 10.1. The number of carbonyl (C=O) groups excluding carboxylic acids is 1. The van der Waals surface area contributed by atoms with Crippen LogP contribution in [0.25, 0.3) is 11.5 Å². The number of likely N-dealkylation sites (tertiary alicyclic amines) is 1. The Hall–Kier alpha value is -3.38. The lowest BCUT2D eigenvalue weighted by molar-refractivity contribution is -0.122. The molecule has 12 heteroatoms. The number of nitrogens with zero attached hydrogens (tertiary/aromatic N) is 4. The molecule has 1 amide bonds. The third-order valence-electron chi connectivity index (χ3n) is 5.86. The predicted molar refractivity (Wildman–Crippen MR) is 125 cm³/mol. The Morgan fingerprint density at radius 2 is 1.86 bits per heavy atom. The van der Waals surface area contributed by atoms with Crippen molar-refractivity contribution in [3.8, 4) is 11.5 Å². The molecule has 0 spiro atoms. The van der Waals surface area contributed by atoms with E-state index in [-0.39, 0.29) is 24.7 Å². The van der Waals surface area contributed by atoms with Crippen molar-refractivity contribution in [2.24, 2.45) is 5.73 Å². The van der Waals surface area contributed by atoms with Crippen LogP contribution in [0, 0.1) is 0 Å². The van der Waals surface area contributed by atoms with Crippen molar-refractivity contribution in [2.45, 2.75) is 31.9 Å². The number of anilines is 1. The maximum Gasteiger partial charge on any atom is 0.314 e. The van der Waals surface area contributed by atoms with Gasteiger partial charge in [0.15, 0.2) is 0 Å². The van der Waals surface area contributed by atoms with Crippen LogP contribution in [0.15, 0.2) is 59.0 Å². The average Bonchev–Trinajstić information content (AvgIpc) is 3.52. The van der Waals surface area contributed by atoms with E-state index in [1.165, 1.54) is 4.31 Å². The molecule has 2 aromatic carbocycles. The van der Waals surface area contributed by atoms with Crippen molar-refractivity contribution in [3.63, 3.8) is 0 Å². The SMILES string of the molecule is NC(=O)[C@H]1CCCN1CCS(=O)(=O)N(Cc1ccc(-c2nnc(C(F)F)o2)cc1)c1ccccc1. The van der Waals surface area contributed by atoms with Crippen LogP contribution in [0.4, 0.5) is 14.5 Å². The Morgan fingerprint density at radius 1 is 1.14 bits per heavy atom. The summed E-state index contributed by atoms with van der Waals surface area (Å²) in [5.74, 6) is -1.43. The Bertz CT molecular complexity index is 1250. The monoisotopic (exact) mass is 505 g/mol. The van der Waals surface area contributed by atoms with Gasteiger partial charge in [0, 0.05) is 12.1 Å². The van der Waals surface area contributed by atoms with Crippen LogP contribution < -0.4 is 10.0 Å². The standard InChI is InChI=1S/C23H25F2N5O4S/c24-20(25)23-28-27-22(34-23)17-10-8-16(9-11-17)15-30(18-5-2-1-3-6-18)35(32,33)14-13-29-12-4-7-19(29)21(26)31/h1-3,5-6,8-11,19-20H,4,7,12-15H2,(H2,26,31)/t19-/m1/s1. The summed E-state index contributed by atoms with van der Waals surface area (Å²) in [4.78, 5) is 13.5. The first-order chi connectivity index (χ1) is 16.7. The maximum atomic E-state index is 13.4. The summed E-state index contributed by atoms with van der Waals surface area (Å²) in [6.07, 6.45) is -1.44. The molecule has 9 nitrogen and oxygen atoms in total. The van der Waals surface area contributed by atoms with Crippen molar-refractivity contribution in [1.29, 1.82) is 0 Å². The minimum atomic E-state index is -3.76. The molecule has 4 rings (SSSR count). The van der Waals surface area contributed by atoms with E-state index in [4.69, 9.17) is 10.2 Å². The summed E-state index contributed by atoms with van der Waals surface area (Å²) in [5.41, 5.74) is 7.07. The molecule has 0 saturated carbocycles. The molecule has 0 unspecified atom stereocenters. The molecule has 186 valence electrons. The number of rotatable bonds is 10. The first kappa shape index (κ1) is 24.7. The van der Waals surface area contributed by atoms with E-state index >= 15 is 0 Å². The van der Waals surface area contributed by atoms with Crippen molar-refractivity contribution in [2.75, 3.05) is 23.1 Å². The zero-order valence-electron chi connectivity index (χ0n) is 18.8. The smallest absolute Gasteiger partial charge is 0.314 e. The predicted octanol–water partition coefficient (Wildman–Crippen LogP) is 2.96. The van der Waals surface area contributed by atoms with Gasteiger partial charge in [-0.05, 0) is 49.2 Å². The van der Waals surface area contributed by atoms with Crippen LogP contribution >= 0.6 is 0 Å². The maximum absolute atomic E-state index is 13.4. The topological polar surface area (TPSA) is 123 Å². The highest BCUT2D eigenvalue weighted by atomic mass is 32.2. The summed E-state index contributed by atoms with van der Waals surface area (Å²) in [6.45, 7) is 0.874. The van der Waals surface area contributed by atoms with Crippen LogP contribution in [0.5, 0.6) is 0 Å². The average molecular weight is 506 g/mol. The van der Waals surface area contributed by atoms with E-state index in [2.05, 4.69) is 10.2 Å². The van der Waals surface area contributed by atoms with Gasteiger partial charge in [0.1, 0.15) is 0 Å². The van der Waals surface area contributed by atoms with E-state index in [1.54, 1.807) is 54.6 Å². The first-order valence-corrected chi connectivity index (χ1v) is 12.7. The molecule has 1 fully saturated rings. The fourth-order valence-corrected chi connectivity index (χ4v) is 5.54. The van der Waals surface area contributed by atoms with Crippen LogP contribution in [-0.2, 0) is 21.4 Å². The van der Waals surface area contributed by atoms with Gasteiger partial charge in [0.25, 0.3) is 5.89 Å². The number of nitrogens with two attached hydrogens (primary N) is 1. The van der Waals surface area contributed by atoms with Gasteiger partial charge in [0.2, 0.25) is 21.8 Å². The Balaban J connectivity index is 1.52. The Labute approximate surface area is 201 Å². The number of hydrogen-bond acceptors (Lipinski definition) is 7. The summed E-state index contributed by atoms with van der Waals surface area (Å²) in [6, 6.07) is 14.8. The van der Waals surface area contributed by atoms with Crippen molar-refractivity contribution < 1.29 is 26.4 Å². The number of amides is 1. The second-order valence-electron chi connectivity index (χ2n) is 8.20. The highest BCUT2D eigenvalue weighted by Gasteiger charge is 2.31. The fraction of sp³-hybridized carbons (Fsp3) is 0.348. The number of para-hydroxylation sites is 1. The summed E-state index contributed by atoms with van der Waals surface area (Å²) in [7, 11) is -3.76. The van der Waals surface area contributed by atoms with Crippen LogP contribution in [0.3, 0.4) is 0 Å². The zero-order chi connectivity index (χ0) is 25.0. The number of carbonyl (C=O) groups is 1. The van der Waals surface area contributed by atoms with Crippen LogP contribution in [0.2, 0.25) is 0 Å². The number of halogens is 2. The molecule has 2 N–H and O–H groups in total. The molecular weight excluding hydrogens is 480 g/mol. The molecule has 2 heterocycles. The number of benzene rings is 2. The minimum Gasteiger partial charge on any atom is -0.415 e. The van der Waals surface area contributed by atoms with Gasteiger partial charge in [0.05, 0.1) is 24.0 Å². The van der Waals surface area contributed by atoms with Gasteiger partial charge in [-0.3, -0.25) is 14.0 Å². The normalized spacial score (nSPS) is 16.6. The summed E-state index contributed by atoms with van der Waals surface area (Å²) < 4.78 is 58.5. The van der Waals surface area contributed by atoms with Gasteiger partial charge in [-0.2, -0.15) is 8.78 Å². The van der Waals surface area contributed by atoms with Gasteiger partial charge in [-0.25, -0.2) is 8.42 Å². The molecule has 35 heavy (non-hydrogen) atoms. The van der Waals surface area contributed by atoms with E-state index < -0.39 is 34.3 Å². The van der Waals surface area contributed by atoms with Crippen molar-refractivity contribution in [3.05, 3.63) is 66.1 Å². The Morgan fingerprint density at radius 3 is 2.49 bits per heavy atom. The number of hydrogen-bond donors (Lipinski definition) is 1. The fourth-order valence-electron chi connectivity index (χ4n) is 4.06. The number of sulfonamides is 1. The Kier molecular flexibility index (Phi) is 7.41. The van der Waals surface area contributed by atoms with Gasteiger partial charge in [-0.15, -0.1) is 10.2 Å². The van der Waals surface area contributed by atoms with E-state index in [0.717, 1.165) is 6.42 Å². The van der Waals surface area contributed by atoms with Crippen molar-refractivity contribution >= 4 is 21.6 Å². The molecule has 1 atom stereocenters. The second-order valence-corrected chi connectivity index (χ2v) is 10.2. The number of aromatic nitrogens is 2. The largest absolute Gasteiger partial charge is 0.415 e. The van der Waals surface area contributed by atoms with Gasteiger partial charge in [-0.1, -0.05) is 30.3 Å². The number of alkyl halides is 2. The lowest BCUT2D eigenvalue weighted by Gasteiger charge is -2.27. The second kappa shape index (κ2) is 10.5. The first-order valence-electron chi connectivity index (χ1n) is 11.0. The molecule has 0 aliphatic carbocycles. The zero-order valence-corrected chi connectivity index (χ0v) is 19.6. The highest BCUT2D eigenvalue weighted by Crippen LogP contribution is 2.26. The van der Waals surface area contributed by atoms with Crippen LogP contribution in [0.1, 0.15) is 30.7 Å². The van der Waals surface area contributed by atoms with Gasteiger partial charge >= 0.3 is 6.43 Å². The molecular formula is C23H25F2N5O4S. The van der Waals surface area contributed by atoms with E-state index in [1.807, 2.05) is 4.90 Å². The highest BCUT2D eigenvalue weighted by molar-refractivity contribution is 7.92. The molecule has 3 aromatic rings. The van der Waals surface area contributed by atoms with Gasteiger partial charge < -0.3 is 10.2 Å². The molecule has 1 aliphatic rings. The number of primary amides is 1. The third kappa shape index (κ3) is 5.82. The quantitative estimate of drug-likeness (QED) is 0.449. The summed E-state index contributed by atoms with van der Waals surface area (Å²) >= 11 is 0. The minimum absolute atomic E-state index is 0.0472. The molecule has 1 aromatic heterocycles. The van der Waals surface area contributed by atoms with Crippen LogP contribution in [-0.4, -0.2) is 54.3 Å². The summed E-state index contributed by atoms with van der Waals surface area (Å²) in [5, 5.41) is 6.94. The molecule has 1 saturated heterocycles. The molecule has 0 radical (unpaired) electrons. The third-order valence-corrected chi connectivity index (χ3v) is 7.57. The van der Waals surface area contributed by atoms with E-state index in [0.29, 0.717) is 29.8 Å². The molecule has 0 bridgehead atoms. The molecule has 1 aliphatic heterocycles.